The second-order valence-electron chi connectivity index (χ2n) is 30.5. The number of phosphoric ester groups is 1. The zero-order valence-corrected chi connectivity index (χ0v) is 68.8. The van der Waals surface area contributed by atoms with Gasteiger partial charge < -0.3 is 20.1 Å². The van der Waals surface area contributed by atoms with Crippen molar-refractivity contribution in [2.24, 2.45) is 5.73 Å². The zero-order chi connectivity index (χ0) is 73.6. The van der Waals surface area contributed by atoms with E-state index in [1.807, 2.05) is 0 Å². The molecule has 102 heavy (non-hydrogen) atoms. The molecule has 2 unspecified atom stereocenters. The van der Waals surface area contributed by atoms with Crippen LogP contribution < -0.4 is 5.73 Å². The predicted molar refractivity (Wildman–Crippen MR) is 446 cm³/mol. The van der Waals surface area contributed by atoms with E-state index in [9.17, 15) is 19.0 Å². The molecular formula is C92H172NO8P. The van der Waals surface area contributed by atoms with Crippen molar-refractivity contribution in [2.75, 3.05) is 26.4 Å². The summed E-state index contributed by atoms with van der Waals surface area (Å²) in [5, 5.41) is 0. The van der Waals surface area contributed by atoms with E-state index in [-0.39, 0.29) is 38.6 Å². The number of unbranched alkanes of at least 4 members (excludes halogenated alkanes) is 61. The molecule has 3 N–H and O–H groups in total. The third-order valence-corrected chi connectivity index (χ3v) is 21.3. The molecule has 0 spiro atoms. The van der Waals surface area contributed by atoms with Crippen LogP contribution in [0.4, 0.5) is 0 Å². The lowest BCUT2D eigenvalue weighted by Crippen LogP contribution is -2.29. The van der Waals surface area contributed by atoms with Crippen LogP contribution in [-0.2, 0) is 32.7 Å². The summed E-state index contributed by atoms with van der Waals surface area (Å²) in [6.45, 7) is 3.72. The third-order valence-electron chi connectivity index (χ3n) is 20.4. The van der Waals surface area contributed by atoms with Crippen LogP contribution in [0.1, 0.15) is 470 Å². The SMILES string of the molecule is CC/C=C\C/C=C\C/C=C\C/C=C\C/C=C\C/C=C\CCCCCCCCCCCCCCCCCCCCCCCCC(=O)OC(COC(=O)CCCCCCCCCCCCCCCCCCCCCCCCCCCCCCCCCCCCCCCCCC)COP(=O)(O)OCCN. The summed E-state index contributed by atoms with van der Waals surface area (Å²) in [5.74, 6) is -0.801. The number of rotatable bonds is 86. The van der Waals surface area contributed by atoms with Gasteiger partial charge in [-0.25, -0.2) is 4.57 Å². The van der Waals surface area contributed by atoms with Crippen LogP contribution in [0.5, 0.6) is 0 Å². The van der Waals surface area contributed by atoms with Gasteiger partial charge in [-0.15, -0.1) is 0 Å². The summed E-state index contributed by atoms with van der Waals surface area (Å²) >= 11 is 0. The number of hydrogen-bond acceptors (Lipinski definition) is 8. The molecule has 0 aliphatic heterocycles. The van der Waals surface area contributed by atoms with Crippen LogP contribution in [0, 0.1) is 0 Å². The highest BCUT2D eigenvalue weighted by Gasteiger charge is 2.26. The Balaban J connectivity index is 3.71. The van der Waals surface area contributed by atoms with Crippen molar-refractivity contribution in [1.82, 2.24) is 0 Å². The van der Waals surface area contributed by atoms with Crippen LogP contribution in [0.3, 0.4) is 0 Å². The van der Waals surface area contributed by atoms with Gasteiger partial charge in [0, 0.05) is 19.4 Å². The van der Waals surface area contributed by atoms with Gasteiger partial charge in [0.1, 0.15) is 6.61 Å². The van der Waals surface area contributed by atoms with E-state index in [1.54, 1.807) is 0 Å². The van der Waals surface area contributed by atoms with Gasteiger partial charge in [-0.1, -0.05) is 466 Å². The smallest absolute Gasteiger partial charge is 0.462 e. The molecule has 0 aromatic rings. The highest BCUT2D eigenvalue weighted by molar-refractivity contribution is 7.47. The van der Waals surface area contributed by atoms with Gasteiger partial charge in [0.15, 0.2) is 6.10 Å². The Labute approximate surface area is 634 Å². The summed E-state index contributed by atoms with van der Waals surface area (Å²) in [5.41, 5.74) is 5.43. The number of carbonyl (C=O) groups excluding carboxylic acids is 2. The van der Waals surface area contributed by atoms with Gasteiger partial charge >= 0.3 is 19.8 Å². The molecule has 0 saturated carbocycles. The average molecular weight is 1450 g/mol. The Morgan fingerprint density at radius 1 is 0.304 bits per heavy atom. The molecule has 0 bridgehead atoms. The van der Waals surface area contributed by atoms with Crippen molar-refractivity contribution in [2.45, 2.75) is 476 Å². The van der Waals surface area contributed by atoms with E-state index in [2.05, 4.69) is 86.8 Å². The number of phosphoric acid groups is 1. The summed E-state index contributed by atoms with van der Waals surface area (Å²) in [7, 11) is -4.40. The molecule has 598 valence electrons. The van der Waals surface area contributed by atoms with Gasteiger partial charge in [0.05, 0.1) is 13.2 Å². The first-order valence-electron chi connectivity index (χ1n) is 44.9. The molecule has 0 radical (unpaired) electrons. The highest BCUT2D eigenvalue weighted by Crippen LogP contribution is 2.43. The zero-order valence-electron chi connectivity index (χ0n) is 67.9. The second kappa shape index (κ2) is 87.4. The van der Waals surface area contributed by atoms with Crippen LogP contribution in [0.25, 0.3) is 0 Å². The number of allylic oxidation sites excluding steroid dienone is 12. The molecule has 0 fully saturated rings. The largest absolute Gasteiger partial charge is 0.472 e. The second-order valence-corrected chi connectivity index (χ2v) is 31.9. The molecule has 0 aromatic carbocycles. The Morgan fingerprint density at radius 3 is 0.804 bits per heavy atom. The Hall–Kier alpha value is -2.55. The lowest BCUT2D eigenvalue weighted by atomic mass is 10.0. The highest BCUT2D eigenvalue weighted by atomic mass is 31.2. The number of hydrogen-bond donors (Lipinski definition) is 2. The van der Waals surface area contributed by atoms with E-state index in [0.717, 1.165) is 70.6 Å². The standard InChI is InChI=1S/C92H172NO8P/c1-3-5-7-9-11-13-15-17-19-21-23-25-27-29-31-33-35-37-39-41-43-45-47-49-51-53-55-57-59-61-63-65-67-69-71-73-75-77-79-81-83-85-92(95)101-90(89-100-102(96,97)99-87-86-93)88-98-91(94)84-82-80-78-76-74-72-70-68-66-64-62-60-58-56-54-52-50-48-46-44-42-40-38-36-34-32-30-28-26-24-22-20-18-16-14-12-10-8-6-4-2/h5,7,11,13,17,19,23,25,29,31,35,37,90H,3-4,6,8-10,12,14-16,18,20-22,24,26-28,30,32-34,36,38-89,93H2,1-2H3,(H,96,97)/b7-5-,13-11-,19-17-,25-23-,31-29-,37-35-. The fourth-order valence-electron chi connectivity index (χ4n) is 13.8. The van der Waals surface area contributed by atoms with E-state index in [0.29, 0.717) is 6.42 Å². The first-order chi connectivity index (χ1) is 50.3. The number of carbonyl (C=O) groups is 2. The average Bonchev–Trinajstić information content (AvgIpc) is 0.948. The van der Waals surface area contributed by atoms with Crippen LogP contribution >= 0.6 is 7.82 Å². The lowest BCUT2D eigenvalue weighted by molar-refractivity contribution is -0.161. The molecular weight excluding hydrogens is 1280 g/mol. The van der Waals surface area contributed by atoms with Gasteiger partial charge in [0.25, 0.3) is 0 Å². The number of ether oxygens (including phenoxy) is 2. The maximum atomic E-state index is 12.8. The molecule has 0 rings (SSSR count). The Bertz CT molecular complexity index is 1910. The maximum Gasteiger partial charge on any atom is 0.472 e. The van der Waals surface area contributed by atoms with E-state index < -0.39 is 26.5 Å². The monoisotopic (exact) mass is 1450 g/mol. The van der Waals surface area contributed by atoms with Crippen LogP contribution in [0.15, 0.2) is 72.9 Å². The first-order valence-corrected chi connectivity index (χ1v) is 46.4. The fourth-order valence-corrected chi connectivity index (χ4v) is 14.5. The van der Waals surface area contributed by atoms with Crippen molar-refractivity contribution in [3.8, 4) is 0 Å². The number of esters is 2. The van der Waals surface area contributed by atoms with Crippen LogP contribution in [0.2, 0.25) is 0 Å². The van der Waals surface area contributed by atoms with E-state index >= 15 is 0 Å². The fraction of sp³-hybridized carbons (Fsp3) is 0.848. The molecule has 2 atom stereocenters. The summed E-state index contributed by atoms with van der Waals surface area (Å²) < 4.78 is 33.4. The Morgan fingerprint density at radius 2 is 0.539 bits per heavy atom. The minimum Gasteiger partial charge on any atom is -0.462 e. The molecule has 0 aromatic heterocycles. The Kier molecular flexibility index (Phi) is 85.2. The van der Waals surface area contributed by atoms with Crippen LogP contribution in [-0.4, -0.2) is 49.3 Å². The van der Waals surface area contributed by atoms with Crippen molar-refractivity contribution in [3.05, 3.63) is 72.9 Å². The predicted octanol–water partition coefficient (Wildman–Crippen LogP) is 30.6. The van der Waals surface area contributed by atoms with Crippen molar-refractivity contribution < 1.29 is 37.6 Å². The quantitative estimate of drug-likeness (QED) is 0.0264. The van der Waals surface area contributed by atoms with Crippen molar-refractivity contribution in [3.63, 3.8) is 0 Å². The van der Waals surface area contributed by atoms with E-state index in [1.165, 1.54) is 366 Å². The molecule has 0 aliphatic rings. The topological polar surface area (TPSA) is 134 Å². The molecule has 0 saturated heterocycles. The third kappa shape index (κ3) is 86.4. The molecule has 0 amide bonds. The van der Waals surface area contributed by atoms with Gasteiger partial charge in [-0.2, -0.15) is 0 Å². The molecule has 0 aliphatic carbocycles. The van der Waals surface area contributed by atoms with Gasteiger partial charge in [-0.05, 0) is 64.2 Å². The molecule has 9 nitrogen and oxygen atoms in total. The number of nitrogens with two attached hydrogens (primary N) is 1. The lowest BCUT2D eigenvalue weighted by Gasteiger charge is -2.19. The first kappa shape index (κ1) is 99.5. The van der Waals surface area contributed by atoms with E-state index in [4.69, 9.17) is 24.3 Å². The minimum atomic E-state index is -4.40. The molecule has 0 heterocycles. The normalized spacial score (nSPS) is 13.1. The van der Waals surface area contributed by atoms with Gasteiger partial charge in [-0.3, -0.25) is 18.6 Å². The summed E-state index contributed by atoms with van der Waals surface area (Å²) in [4.78, 5) is 35.5. The maximum absolute atomic E-state index is 12.8. The minimum absolute atomic E-state index is 0.0555. The molecule has 10 heteroatoms. The summed E-state index contributed by atoms with van der Waals surface area (Å²) in [6.07, 6.45) is 118. The van der Waals surface area contributed by atoms with Crippen molar-refractivity contribution in [1.29, 1.82) is 0 Å². The van der Waals surface area contributed by atoms with Crippen molar-refractivity contribution >= 4 is 19.8 Å². The summed E-state index contributed by atoms with van der Waals surface area (Å²) in [6, 6.07) is 0. The van der Waals surface area contributed by atoms with Gasteiger partial charge in [0.2, 0.25) is 0 Å².